The SMILES string of the molecule is C#CC(C)(C)c1cccc(C(=O)NC(C)c2ccc(C)c(-c3ccc4nc(Nc5cnn(C)c5)ncc4c3)c2)c1. The van der Waals surface area contributed by atoms with Gasteiger partial charge in [0, 0.05) is 30.4 Å². The van der Waals surface area contributed by atoms with Crippen molar-refractivity contribution in [3.05, 3.63) is 102 Å². The Labute approximate surface area is 234 Å². The van der Waals surface area contributed by atoms with Gasteiger partial charge in [-0.05, 0) is 85.8 Å². The Morgan fingerprint density at radius 1 is 1.07 bits per heavy atom. The lowest BCUT2D eigenvalue weighted by molar-refractivity contribution is 0.0939. The molecule has 7 heteroatoms. The van der Waals surface area contributed by atoms with Gasteiger partial charge in [0.15, 0.2) is 0 Å². The van der Waals surface area contributed by atoms with Crippen LogP contribution in [0.2, 0.25) is 0 Å². The van der Waals surface area contributed by atoms with Crippen molar-refractivity contribution in [2.75, 3.05) is 5.32 Å². The first-order chi connectivity index (χ1) is 19.1. The van der Waals surface area contributed by atoms with E-state index in [-0.39, 0.29) is 11.9 Å². The number of anilines is 2. The topological polar surface area (TPSA) is 84.7 Å². The second-order valence-corrected chi connectivity index (χ2v) is 10.6. The van der Waals surface area contributed by atoms with Gasteiger partial charge in [-0.1, -0.05) is 36.3 Å². The second-order valence-electron chi connectivity index (χ2n) is 10.6. The molecule has 2 heterocycles. The molecule has 0 fully saturated rings. The average molecular weight is 529 g/mol. The van der Waals surface area contributed by atoms with E-state index in [1.165, 1.54) is 0 Å². The third kappa shape index (κ3) is 5.57. The molecule has 0 radical (unpaired) electrons. The fraction of sp³-hybridized carbons (Fsp3) is 0.212. The van der Waals surface area contributed by atoms with Crippen LogP contribution in [0.25, 0.3) is 22.0 Å². The summed E-state index contributed by atoms with van der Waals surface area (Å²) in [4.78, 5) is 22.3. The summed E-state index contributed by atoms with van der Waals surface area (Å²) in [5, 5.41) is 11.4. The number of carbonyl (C=O) groups is 1. The minimum atomic E-state index is -0.448. The maximum Gasteiger partial charge on any atom is 0.251 e. The third-order valence-corrected chi connectivity index (χ3v) is 7.17. The maximum atomic E-state index is 13.1. The number of benzene rings is 3. The quantitative estimate of drug-likeness (QED) is 0.236. The highest BCUT2D eigenvalue weighted by Crippen LogP contribution is 2.30. The van der Waals surface area contributed by atoms with Crippen LogP contribution in [0.5, 0.6) is 0 Å². The normalized spacial score (nSPS) is 12.1. The molecule has 0 saturated carbocycles. The van der Waals surface area contributed by atoms with Crippen molar-refractivity contribution in [1.82, 2.24) is 25.1 Å². The number of rotatable bonds is 7. The van der Waals surface area contributed by atoms with Gasteiger partial charge in [-0.2, -0.15) is 5.10 Å². The third-order valence-electron chi connectivity index (χ3n) is 7.17. The molecule has 0 aliphatic rings. The van der Waals surface area contributed by atoms with E-state index in [9.17, 15) is 4.79 Å². The molecule has 1 amide bonds. The zero-order valence-corrected chi connectivity index (χ0v) is 23.4. The molecule has 1 atom stereocenters. The summed E-state index contributed by atoms with van der Waals surface area (Å²) in [6, 6.07) is 19.8. The number of aromatic nitrogens is 4. The fourth-order valence-corrected chi connectivity index (χ4v) is 4.59. The summed E-state index contributed by atoms with van der Waals surface area (Å²) in [6.45, 7) is 8.02. The molecule has 200 valence electrons. The lowest BCUT2D eigenvalue weighted by Crippen LogP contribution is -2.27. The standard InChI is InChI=1S/C33H32N6O/c1-7-33(4,5)27-10-8-9-25(16-27)31(40)36-22(3)23-12-11-21(2)29(17-23)24-13-14-30-26(15-24)18-34-32(38-30)37-28-19-35-39(6)20-28/h1,8-20,22H,2-6H3,(H,36,40)(H,34,37,38). The number of aryl methyl sites for hydroxylation is 2. The van der Waals surface area contributed by atoms with E-state index in [0.717, 1.165) is 44.4 Å². The molecule has 7 nitrogen and oxygen atoms in total. The van der Waals surface area contributed by atoms with E-state index < -0.39 is 5.41 Å². The highest BCUT2D eigenvalue weighted by atomic mass is 16.1. The lowest BCUT2D eigenvalue weighted by atomic mass is 9.85. The molecule has 3 aromatic carbocycles. The molecule has 5 aromatic rings. The number of fused-ring (bicyclic) bond motifs is 1. The highest BCUT2D eigenvalue weighted by molar-refractivity contribution is 5.94. The van der Waals surface area contributed by atoms with Gasteiger partial charge >= 0.3 is 0 Å². The molecule has 0 saturated heterocycles. The number of terminal acetylenes is 1. The Balaban J connectivity index is 1.36. The lowest BCUT2D eigenvalue weighted by Gasteiger charge is -2.20. The molecule has 1 unspecified atom stereocenters. The number of hydrogen-bond donors (Lipinski definition) is 2. The van der Waals surface area contributed by atoms with Gasteiger partial charge in [0.1, 0.15) is 0 Å². The van der Waals surface area contributed by atoms with Crippen LogP contribution in [0.4, 0.5) is 11.6 Å². The number of nitrogens with one attached hydrogen (secondary N) is 2. The zero-order valence-electron chi connectivity index (χ0n) is 23.4. The van der Waals surface area contributed by atoms with E-state index in [0.29, 0.717) is 11.5 Å². The van der Waals surface area contributed by atoms with Gasteiger partial charge in [-0.3, -0.25) is 9.48 Å². The van der Waals surface area contributed by atoms with Crippen LogP contribution in [-0.4, -0.2) is 25.7 Å². The zero-order chi connectivity index (χ0) is 28.4. The molecule has 0 aliphatic heterocycles. The average Bonchev–Trinajstić information content (AvgIpc) is 3.37. The van der Waals surface area contributed by atoms with Crippen molar-refractivity contribution in [2.24, 2.45) is 7.05 Å². The highest BCUT2D eigenvalue weighted by Gasteiger charge is 2.20. The number of hydrogen-bond acceptors (Lipinski definition) is 5. The number of carbonyl (C=O) groups excluding carboxylic acids is 1. The monoisotopic (exact) mass is 528 g/mol. The molecule has 0 aliphatic carbocycles. The fourth-order valence-electron chi connectivity index (χ4n) is 4.59. The van der Waals surface area contributed by atoms with E-state index >= 15 is 0 Å². The van der Waals surface area contributed by atoms with Gasteiger partial charge in [0.25, 0.3) is 5.91 Å². The Kier molecular flexibility index (Phi) is 7.10. The van der Waals surface area contributed by atoms with E-state index in [4.69, 9.17) is 6.42 Å². The molecule has 0 bridgehead atoms. The van der Waals surface area contributed by atoms with Crippen molar-refractivity contribution < 1.29 is 4.79 Å². The molecular formula is C33H32N6O. The first-order valence-electron chi connectivity index (χ1n) is 13.2. The van der Waals surface area contributed by atoms with Crippen LogP contribution in [0.3, 0.4) is 0 Å². The smallest absolute Gasteiger partial charge is 0.251 e. The van der Waals surface area contributed by atoms with Crippen molar-refractivity contribution in [3.63, 3.8) is 0 Å². The van der Waals surface area contributed by atoms with Crippen LogP contribution in [0.15, 0.2) is 79.3 Å². The summed E-state index contributed by atoms with van der Waals surface area (Å²) in [5.74, 6) is 3.18. The van der Waals surface area contributed by atoms with Crippen molar-refractivity contribution in [1.29, 1.82) is 0 Å². The van der Waals surface area contributed by atoms with Gasteiger partial charge < -0.3 is 10.6 Å². The minimum absolute atomic E-state index is 0.136. The van der Waals surface area contributed by atoms with Crippen molar-refractivity contribution in [2.45, 2.75) is 39.2 Å². The van der Waals surface area contributed by atoms with E-state index in [1.807, 2.05) is 70.5 Å². The van der Waals surface area contributed by atoms with Crippen molar-refractivity contribution >= 4 is 28.4 Å². The van der Waals surface area contributed by atoms with Crippen LogP contribution in [0, 0.1) is 19.3 Å². The first-order valence-corrected chi connectivity index (χ1v) is 13.2. The number of nitrogens with zero attached hydrogens (tertiary/aromatic N) is 4. The Morgan fingerprint density at radius 2 is 1.90 bits per heavy atom. The number of amides is 1. The van der Waals surface area contributed by atoms with Gasteiger partial charge in [-0.25, -0.2) is 9.97 Å². The molecule has 5 rings (SSSR count). The predicted octanol–water partition coefficient (Wildman–Crippen LogP) is 6.48. The summed E-state index contributed by atoms with van der Waals surface area (Å²) >= 11 is 0. The molecule has 2 N–H and O–H groups in total. The summed E-state index contributed by atoms with van der Waals surface area (Å²) < 4.78 is 1.72. The molecule has 0 spiro atoms. The Hall–Kier alpha value is -4.96. The minimum Gasteiger partial charge on any atom is -0.346 e. The molecule has 2 aromatic heterocycles. The largest absolute Gasteiger partial charge is 0.346 e. The summed E-state index contributed by atoms with van der Waals surface area (Å²) in [6.07, 6.45) is 11.1. The predicted molar refractivity (Wildman–Crippen MR) is 160 cm³/mol. The van der Waals surface area contributed by atoms with E-state index in [2.05, 4.69) is 68.9 Å². The molecule has 40 heavy (non-hydrogen) atoms. The van der Waals surface area contributed by atoms with Gasteiger partial charge in [-0.15, -0.1) is 6.42 Å². The molecular weight excluding hydrogens is 496 g/mol. The van der Waals surface area contributed by atoms with E-state index in [1.54, 1.807) is 10.9 Å². The summed E-state index contributed by atoms with van der Waals surface area (Å²) in [7, 11) is 1.86. The van der Waals surface area contributed by atoms with Crippen molar-refractivity contribution in [3.8, 4) is 23.5 Å². The van der Waals surface area contributed by atoms with Gasteiger partial charge in [0.05, 0.1) is 28.9 Å². The van der Waals surface area contributed by atoms with Gasteiger partial charge in [0.2, 0.25) is 5.95 Å². The second kappa shape index (κ2) is 10.7. The van der Waals surface area contributed by atoms with Crippen LogP contribution < -0.4 is 10.6 Å². The summed E-state index contributed by atoms with van der Waals surface area (Å²) in [5.41, 5.74) is 7.06. The maximum absolute atomic E-state index is 13.1. The Morgan fingerprint density at radius 3 is 2.65 bits per heavy atom. The van der Waals surface area contributed by atoms with Crippen LogP contribution >= 0.6 is 0 Å². The first kappa shape index (κ1) is 26.6. The van der Waals surface area contributed by atoms with Crippen LogP contribution in [-0.2, 0) is 12.5 Å². The Bertz CT molecular complexity index is 1760. The van der Waals surface area contributed by atoms with Crippen LogP contribution in [0.1, 0.15) is 53.9 Å².